The molecule has 0 radical (unpaired) electrons. The van der Waals surface area contributed by atoms with Crippen molar-refractivity contribution >= 4 is 29.1 Å². The van der Waals surface area contributed by atoms with Gasteiger partial charge < -0.3 is 30.7 Å². The van der Waals surface area contributed by atoms with E-state index in [1.54, 1.807) is 43.5 Å². The number of methoxy groups -OCH3 is 1. The van der Waals surface area contributed by atoms with Gasteiger partial charge in [0.25, 0.3) is 5.91 Å². The summed E-state index contributed by atoms with van der Waals surface area (Å²) in [7, 11) is 1.55. The molecule has 0 heterocycles. The summed E-state index contributed by atoms with van der Waals surface area (Å²) in [5.41, 5.74) is 5.36. The first-order valence-corrected chi connectivity index (χ1v) is 16.1. The zero-order valence-corrected chi connectivity index (χ0v) is 27.4. The largest absolute Gasteiger partial charge is 0.493 e. The smallest absolute Gasteiger partial charge is 0.258 e. The van der Waals surface area contributed by atoms with Crippen LogP contribution >= 0.6 is 23.2 Å². The SMILES string of the molecule is COc1ccccc1OCC(=O)N[C@H]1CCC[C@@](O)(C#Cc2cccc(Cl)c2)C1.N[C@H]1CCC[C@@](O)(C#Cc2cccc(Cl)c2)C1. The lowest BCUT2D eigenvalue weighted by Crippen LogP contribution is -2.46. The number of halogens is 2. The highest BCUT2D eigenvalue weighted by atomic mass is 35.5. The van der Waals surface area contributed by atoms with E-state index in [1.807, 2.05) is 36.4 Å². The van der Waals surface area contributed by atoms with Crippen LogP contribution in [-0.4, -0.2) is 53.1 Å². The molecule has 0 aromatic heterocycles. The van der Waals surface area contributed by atoms with Crippen molar-refractivity contribution in [2.45, 2.75) is 74.7 Å². The fourth-order valence-corrected chi connectivity index (χ4v) is 5.94. The zero-order chi connectivity index (χ0) is 33.0. The van der Waals surface area contributed by atoms with Crippen molar-refractivity contribution in [3.05, 3.63) is 94.0 Å². The molecule has 2 saturated carbocycles. The maximum Gasteiger partial charge on any atom is 0.258 e. The number of hydrogen-bond acceptors (Lipinski definition) is 6. The van der Waals surface area contributed by atoms with E-state index in [0.717, 1.165) is 36.8 Å². The van der Waals surface area contributed by atoms with Gasteiger partial charge in [-0.05, 0) is 87.1 Å². The summed E-state index contributed by atoms with van der Waals surface area (Å²) >= 11 is 11.9. The Balaban J connectivity index is 0.000000240. The Morgan fingerprint density at radius 3 is 2.00 bits per heavy atom. The van der Waals surface area contributed by atoms with E-state index >= 15 is 0 Å². The summed E-state index contributed by atoms with van der Waals surface area (Å²) in [6.07, 6.45) is 5.68. The van der Waals surface area contributed by atoms with Gasteiger partial charge in [-0.15, -0.1) is 0 Å². The average Bonchev–Trinajstić information content (AvgIpc) is 3.02. The van der Waals surface area contributed by atoms with Gasteiger partial charge in [0.1, 0.15) is 11.2 Å². The molecule has 5 N–H and O–H groups in total. The number of rotatable bonds is 5. The maximum atomic E-state index is 12.3. The highest BCUT2D eigenvalue weighted by molar-refractivity contribution is 6.31. The minimum absolute atomic E-state index is 0.0578. The lowest BCUT2D eigenvalue weighted by molar-refractivity contribution is -0.124. The van der Waals surface area contributed by atoms with Crippen LogP contribution in [0.4, 0.5) is 0 Å². The Kier molecular flexibility index (Phi) is 12.8. The van der Waals surface area contributed by atoms with Gasteiger partial charge in [0.05, 0.1) is 7.11 Å². The quantitative estimate of drug-likeness (QED) is 0.253. The molecule has 2 aliphatic rings. The van der Waals surface area contributed by atoms with Crippen molar-refractivity contribution in [3.63, 3.8) is 0 Å². The number of nitrogens with one attached hydrogen (secondary N) is 1. The molecule has 2 aliphatic carbocycles. The number of para-hydroxylation sites is 2. The predicted octanol–water partition coefficient (Wildman–Crippen LogP) is 5.89. The molecule has 0 bridgehead atoms. The molecule has 9 heteroatoms. The third-order valence-electron chi connectivity index (χ3n) is 7.81. The highest BCUT2D eigenvalue weighted by Gasteiger charge is 2.34. The van der Waals surface area contributed by atoms with Crippen LogP contribution in [-0.2, 0) is 4.79 Å². The molecule has 5 rings (SSSR count). The molecule has 0 aliphatic heterocycles. The average molecular weight is 664 g/mol. The first-order valence-electron chi connectivity index (χ1n) is 15.4. The standard InChI is InChI=1S/C23H24ClNO4.C14H16ClNO/c1-28-20-9-2-3-10-21(20)29-16-22(26)25-19-8-5-12-23(27,15-19)13-11-17-6-4-7-18(24)14-17;15-12-4-1-3-11(9-12)6-8-14(17)7-2-5-13(16)10-14/h2-4,6-7,9-10,14,19,27H,5,8,12,15-16H2,1H3,(H,25,26);1,3-4,9,13,17H,2,5,7,10,16H2/t19-,23+;13-,14+/m00/s1. The summed E-state index contributed by atoms with van der Waals surface area (Å²) in [6.45, 7) is -0.122. The molecule has 46 heavy (non-hydrogen) atoms. The molecule has 3 aromatic carbocycles. The van der Waals surface area contributed by atoms with Gasteiger partial charge in [0, 0.05) is 46.1 Å². The number of benzene rings is 3. The van der Waals surface area contributed by atoms with Crippen LogP contribution in [0.5, 0.6) is 11.5 Å². The lowest BCUT2D eigenvalue weighted by Gasteiger charge is -2.33. The lowest BCUT2D eigenvalue weighted by atomic mass is 9.82. The Labute approximate surface area is 281 Å². The molecule has 0 saturated heterocycles. The second-order valence-electron chi connectivity index (χ2n) is 11.7. The number of carbonyl (C=O) groups excluding carboxylic acids is 1. The van der Waals surface area contributed by atoms with Gasteiger partial charge in [-0.1, -0.05) is 71.1 Å². The van der Waals surface area contributed by atoms with E-state index in [0.29, 0.717) is 47.2 Å². The van der Waals surface area contributed by atoms with Crippen LogP contribution in [0.1, 0.15) is 62.5 Å². The van der Waals surface area contributed by atoms with E-state index in [4.69, 9.17) is 38.4 Å². The van der Waals surface area contributed by atoms with Gasteiger partial charge in [-0.25, -0.2) is 0 Å². The van der Waals surface area contributed by atoms with Gasteiger partial charge >= 0.3 is 0 Å². The monoisotopic (exact) mass is 662 g/mol. The Bertz CT molecular complexity index is 1610. The fourth-order valence-electron chi connectivity index (χ4n) is 5.56. The topological polar surface area (TPSA) is 114 Å². The molecular weight excluding hydrogens is 623 g/mol. The van der Waals surface area contributed by atoms with Gasteiger partial charge in [0.2, 0.25) is 0 Å². The number of nitrogens with two attached hydrogens (primary N) is 1. The maximum absolute atomic E-state index is 12.3. The van der Waals surface area contributed by atoms with Crippen molar-refractivity contribution in [2.75, 3.05) is 13.7 Å². The zero-order valence-electron chi connectivity index (χ0n) is 25.9. The van der Waals surface area contributed by atoms with Crippen LogP contribution < -0.4 is 20.5 Å². The van der Waals surface area contributed by atoms with Crippen LogP contribution in [0.25, 0.3) is 0 Å². The van der Waals surface area contributed by atoms with E-state index in [9.17, 15) is 15.0 Å². The minimum atomic E-state index is -1.14. The minimum Gasteiger partial charge on any atom is -0.493 e. The molecule has 2 fully saturated rings. The second-order valence-corrected chi connectivity index (χ2v) is 12.6. The third-order valence-corrected chi connectivity index (χ3v) is 8.28. The van der Waals surface area contributed by atoms with Crippen LogP contribution in [0.3, 0.4) is 0 Å². The molecule has 0 spiro atoms. The van der Waals surface area contributed by atoms with E-state index in [1.165, 1.54) is 0 Å². The van der Waals surface area contributed by atoms with E-state index in [2.05, 4.69) is 29.0 Å². The number of amides is 1. The number of aliphatic hydroxyl groups is 2. The summed E-state index contributed by atoms with van der Waals surface area (Å²) in [5.74, 6) is 12.7. The Morgan fingerprint density at radius 1 is 0.870 bits per heavy atom. The van der Waals surface area contributed by atoms with Gasteiger partial charge in [-0.3, -0.25) is 4.79 Å². The molecule has 3 aromatic rings. The van der Waals surface area contributed by atoms with Crippen molar-refractivity contribution in [2.24, 2.45) is 5.73 Å². The highest BCUT2D eigenvalue weighted by Crippen LogP contribution is 2.29. The molecule has 7 nitrogen and oxygen atoms in total. The van der Waals surface area contributed by atoms with Crippen molar-refractivity contribution in [1.82, 2.24) is 5.32 Å². The summed E-state index contributed by atoms with van der Waals surface area (Å²) in [6, 6.07) is 21.6. The van der Waals surface area contributed by atoms with Gasteiger partial charge in [0.15, 0.2) is 18.1 Å². The molecule has 1 amide bonds. The van der Waals surface area contributed by atoms with E-state index < -0.39 is 11.2 Å². The summed E-state index contributed by atoms with van der Waals surface area (Å²) in [5, 5.41) is 25.3. The summed E-state index contributed by atoms with van der Waals surface area (Å²) in [4.78, 5) is 12.3. The Morgan fingerprint density at radius 2 is 1.43 bits per heavy atom. The number of carbonyl (C=O) groups is 1. The number of ether oxygens (including phenoxy) is 2. The van der Waals surface area contributed by atoms with Crippen LogP contribution in [0.2, 0.25) is 10.0 Å². The summed E-state index contributed by atoms with van der Waals surface area (Å²) < 4.78 is 10.8. The van der Waals surface area contributed by atoms with E-state index in [-0.39, 0.29) is 24.6 Å². The Hall–Kier alpha value is -3.69. The number of hydrogen-bond donors (Lipinski definition) is 4. The third kappa shape index (κ3) is 11.3. The first-order chi connectivity index (χ1) is 22.0. The molecule has 242 valence electrons. The fraction of sp³-hybridized carbons (Fsp3) is 0.378. The first kappa shape index (κ1) is 35.2. The van der Waals surface area contributed by atoms with Crippen LogP contribution in [0, 0.1) is 23.7 Å². The predicted molar refractivity (Wildman–Crippen MR) is 182 cm³/mol. The second kappa shape index (κ2) is 16.7. The molecule has 4 atom stereocenters. The van der Waals surface area contributed by atoms with Crippen molar-refractivity contribution in [1.29, 1.82) is 0 Å². The van der Waals surface area contributed by atoms with Crippen molar-refractivity contribution < 1.29 is 24.5 Å². The molecular formula is C37H40Cl2N2O5. The normalized spacial score (nSPS) is 23.6. The van der Waals surface area contributed by atoms with Crippen LogP contribution in [0.15, 0.2) is 72.8 Å². The van der Waals surface area contributed by atoms with Gasteiger partial charge in [-0.2, -0.15) is 0 Å². The molecule has 0 unspecified atom stereocenters. The van der Waals surface area contributed by atoms with Crippen molar-refractivity contribution in [3.8, 4) is 35.2 Å².